The Morgan fingerprint density at radius 1 is 1.37 bits per heavy atom. The van der Waals surface area contributed by atoms with E-state index in [4.69, 9.17) is 9.47 Å². The van der Waals surface area contributed by atoms with Gasteiger partial charge in [0.15, 0.2) is 11.5 Å². The maximum Gasteiger partial charge on any atom is 0.273 e. The first-order valence-corrected chi connectivity index (χ1v) is 6.22. The first-order chi connectivity index (χ1) is 9.04. The van der Waals surface area contributed by atoms with Crippen molar-refractivity contribution in [2.24, 2.45) is 0 Å². The Hall–Kier alpha value is -1.82. The van der Waals surface area contributed by atoms with Gasteiger partial charge >= 0.3 is 0 Å². The quantitative estimate of drug-likeness (QED) is 0.653. The first-order valence-electron chi connectivity index (χ1n) is 6.22. The number of hydrogen-bond acceptors (Lipinski definition) is 5. The van der Waals surface area contributed by atoms with Gasteiger partial charge in [0.25, 0.3) is 5.69 Å². The smallest absolute Gasteiger partial charge is 0.273 e. The number of hydrogen-bond donors (Lipinski definition) is 1. The zero-order valence-corrected chi connectivity index (χ0v) is 10.8. The number of nitrogens with zero attached hydrogens (tertiary/aromatic N) is 1. The molecular formula is C13H17NO5. The second-order valence-electron chi connectivity index (χ2n) is 4.81. The van der Waals surface area contributed by atoms with E-state index in [0.717, 1.165) is 25.7 Å². The van der Waals surface area contributed by atoms with Gasteiger partial charge in [-0.05, 0) is 18.9 Å². The van der Waals surface area contributed by atoms with Crippen molar-refractivity contribution in [3.05, 3.63) is 28.3 Å². The van der Waals surface area contributed by atoms with Crippen LogP contribution in [0, 0.1) is 10.1 Å². The van der Waals surface area contributed by atoms with Crippen LogP contribution in [0.2, 0.25) is 0 Å². The van der Waals surface area contributed by atoms with Crippen LogP contribution in [-0.2, 0) is 0 Å². The lowest BCUT2D eigenvalue weighted by molar-refractivity contribution is -0.385. The van der Waals surface area contributed by atoms with Crippen molar-refractivity contribution < 1.29 is 19.5 Å². The summed E-state index contributed by atoms with van der Waals surface area (Å²) in [7, 11) is 1.43. The Morgan fingerprint density at radius 2 is 2.05 bits per heavy atom. The van der Waals surface area contributed by atoms with Crippen molar-refractivity contribution in [3.8, 4) is 11.5 Å². The summed E-state index contributed by atoms with van der Waals surface area (Å²) < 4.78 is 10.6. The molecule has 1 aliphatic rings. The van der Waals surface area contributed by atoms with Gasteiger partial charge in [-0.2, -0.15) is 0 Å². The lowest BCUT2D eigenvalue weighted by atomic mass is 10.0. The monoisotopic (exact) mass is 267 g/mol. The molecule has 0 bridgehead atoms. The maximum atomic E-state index is 10.7. The molecule has 0 radical (unpaired) electrons. The summed E-state index contributed by atoms with van der Waals surface area (Å²) in [5, 5.41) is 20.9. The Bertz CT molecular complexity index is 468. The molecule has 1 fully saturated rings. The van der Waals surface area contributed by atoms with E-state index in [9.17, 15) is 15.2 Å². The van der Waals surface area contributed by atoms with Crippen molar-refractivity contribution >= 4 is 5.69 Å². The molecule has 1 aromatic rings. The van der Waals surface area contributed by atoms with Crippen LogP contribution in [0.25, 0.3) is 0 Å². The molecular weight excluding hydrogens is 250 g/mol. The molecule has 0 aliphatic heterocycles. The van der Waals surface area contributed by atoms with E-state index >= 15 is 0 Å². The Kier molecular flexibility index (Phi) is 3.90. The van der Waals surface area contributed by atoms with Gasteiger partial charge in [-0.25, -0.2) is 0 Å². The van der Waals surface area contributed by atoms with Crippen molar-refractivity contribution in [2.45, 2.75) is 31.3 Å². The Labute approximate surface area is 111 Å². The normalized spacial score (nSPS) is 17.2. The molecule has 0 heterocycles. The summed E-state index contributed by atoms with van der Waals surface area (Å²) in [5.41, 5.74) is -0.837. The standard InChI is InChI=1S/C13H17NO5/c1-18-12-8-10(14(16)17)4-5-11(12)19-9-13(15)6-2-3-7-13/h4-5,8,15H,2-3,6-7,9H2,1H3. The topological polar surface area (TPSA) is 81.8 Å². The molecule has 0 aromatic heterocycles. The predicted octanol–water partition coefficient (Wildman–Crippen LogP) is 2.29. The molecule has 19 heavy (non-hydrogen) atoms. The van der Waals surface area contributed by atoms with Gasteiger partial charge < -0.3 is 14.6 Å². The van der Waals surface area contributed by atoms with Crippen molar-refractivity contribution in [3.63, 3.8) is 0 Å². The number of methoxy groups -OCH3 is 1. The molecule has 1 saturated carbocycles. The number of nitro benzene ring substituents is 1. The number of nitro groups is 1. The number of aliphatic hydroxyl groups is 1. The lowest BCUT2D eigenvalue weighted by Crippen LogP contribution is -2.32. The predicted molar refractivity (Wildman–Crippen MR) is 68.6 cm³/mol. The zero-order valence-electron chi connectivity index (χ0n) is 10.8. The average Bonchev–Trinajstić information content (AvgIpc) is 2.83. The average molecular weight is 267 g/mol. The minimum Gasteiger partial charge on any atom is -0.493 e. The number of ether oxygens (including phenoxy) is 2. The first kappa shape index (κ1) is 13.6. The highest BCUT2D eigenvalue weighted by Crippen LogP contribution is 2.34. The molecule has 1 N–H and O–H groups in total. The fourth-order valence-electron chi connectivity index (χ4n) is 2.28. The largest absolute Gasteiger partial charge is 0.493 e. The van der Waals surface area contributed by atoms with E-state index in [1.807, 2.05) is 0 Å². The second kappa shape index (κ2) is 5.44. The van der Waals surface area contributed by atoms with Crippen LogP contribution < -0.4 is 9.47 Å². The third-order valence-corrected chi connectivity index (χ3v) is 3.39. The highest BCUT2D eigenvalue weighted by atomic mass is 16.6. The van der Waals surface area contributed by atoms with Crippen LogP contribution >= 0.6 is 0 Å². The van der Waals surface area contributed by atoms with Crippen LogP contribution in [-0.4, -0.2) is 29.3 Å². The molecule has 1 aliphatic carbocycles. The van der Waals surface area contributed by atoms with Crippen LogP contribution in [0.15, 0.2) is 18.2 Å². The van der Waals surface area contributed by atoms with E-state index in [2.05, 4.69) is 0 Å². The zero-order chi connectivity index (χ0) is 13.9. The van der Waals surface area contributed by atoms with Crippen LogP contribution in [0.1, 0.15) is 25.7 Å². The summed E-state index contributed by atoms with van der Waals surface area (Å²) in [4.78, 5) is 10.2. The fraction of sp³-hybridized carbons (Fsp3) is 0.538. The molecule has 0 spiro atoms. The fourth-order valence-corrected chi connectivity index (χ4v) is 2.28. The van der Waals surface area contributed by atoms with Gasteiger partial charge in [0.1, 0.15) is 6.61 Å². The third-order valence-electron chi connectivity index (χ3n) is 3.39. The minimum absolute atomic E-state index is 0.0521. The molecule has 6 nitrogen and oxygen atoms in total. The molecule has 104 valence electrons. The van der Waals surface area contributed by atoms with Gasteiger partial charge in [0.2, 0.25) is 0 Å². The van der Waals surface area contributed by atoms with Gasteiger partial charge in [-0.15, -0.1) is 0 Å². The van der Waals surface area contributed by atoms with Crippen molar-refractivity contribution in [2.75, 3.05) is 13.7 Å². The van der Waals surface area contributed by atoms with Crippen LogP contribution in [0.4, 0.5) is 5.69 Å². The van der Waals surface area contributed by atoms with Gasteiger partial charge in [-0.1, -0.05) is 12.8 Å². The summed E-state index contributed by atoms with van der Waals surface area (Å²) in [6, 6.07) is 4.17. The van der Waals surface area contributed by atoms with E-state index in [-0.39, 0.29) is 12.3 Å². The van der Waals surface area contributed by atoms with Crippen molar-refractivity contribution in [1.82, 2.24) is 0 Å². The summed E-state index contributed by atoms with van der Waals surface area (Å²) >= 11 is 0. The number of rotatable bonds is 5. The highest BCUT2D eigenvalue weighted by Gasteiger charge is 2.32. The number of benzene rings is 1. The van der Waals surface area contributed by atoms with E-state index < -0.39 is 10.5 Å². The van der Waals surface area contributed by atoms with Crippen molar-refractivity contribution in [1.29, 1.82) is 0 Å². The summed E-state index contributed by atoms with van der Waals surface area (Å²) in [6.45, 7) is 0.182. The number of non-ortho nitro benzene ring substituents is 1. The SMILES string of the molecule is COc1cc([N+](=O)[O-])ccc1OCC1(O)CCCC1. The molecule has 2 rings (SSSR count). The third kappa shape index (κ3) is 3.14. The van der Waals surface area contributed by atoms with E-state index in [1.165, 1.54) is 25.3 Å². The lowest BCUT2D eigenvalue weighted by Gasteiger charge is -2.22. The maximum absolute atomic E-state index is 10.7. The van der Waals surface area contributed by atoms with Gasteiger partial charge in [-0.3, -0.25) is 10.1 Å². The molecule has 0 unspecified atom stereocenters. The molecule has 0 saturated heterocycles. The molecule has 0 amide bonds. The van der Waals surface area contributed by atoms with Gasteiger partial charge in [0.05, 0.1) is 23.7 Å². The molecule has 6 heteroatoms. The van der Waals surface area contributed by atoms with Crippen LogP contribution in [0.3, 0.4) is 0 Å². The highest BCUT2D eigenvalue weighted by molar-refractivity contribution is 5.48. The van der Waals surface area contributed by atoms with E-state index in [0.29, 0.717) is 11.5 Å². The minimum atomic E-state index is -0.785. The summed E-state index contributed by atoms with van der Waals surface area (Å²) in [6.07, 6.45) is 3.44. The van der Waals surface area contributed by atoms with E-state index in [1.54, 1.807) is 0 Å². The Balaban J connectivity index is 2.09. The Morgan fingerprint density at radius 3 is 2.63 bits per heavy atom. The van der Waals surface area contributed by atoms with Gasteiger partial charge in [0, 0.05) is 6.07 Å². The van der Waals surface area contributed by atoms with Crippen LogP contribution in [0.5, 0.6) is 11.5 Å². The second-order valence-corrected chi connectivity index (χ2v) is 4.81. The summed E-state index contributed by atoms with van der Waals surface area (Å²) in [5.74, 6) is 0.712. The molecule has 0 atom stereocenters. The molecule has 1 aromatic carbocycles.